The van der Waals surface area contributed by atoms with E-state index in [-0.39, 0.29) is 12.1 Å². The Hall–Kier alpha value is -1.61. The molecule has 1 aromatic carbocycles. The average molecular weight is 276 g/mol. The van der Waals surface area contributed by atoms with E-state index < -0.39 is 0 Å². The van der Waals surface area contributed by atoms with Gasteiger partial charge in [-0.25, -0.2) is 4.79 Å². The van der Waals surface area contributed by atoms with Crippen LogP contribution in [0, 0.1) is 0 Å². The SMILES string of the molecule is C=CC(CC)OC(=O)c1ccc([N+](C)(CC)CC)cc1. The van der Waals surface area contributed by atoms with Crippen LogP contribution in [0.1, 0.15) is 37.6 Å². The van der Waals surface area contributed by atoms with Gasteiger partial charge >= 0.3 is 5.97 Å². The first-order valence-corrected chi connectivity index (χ1v) is 7.29. The highest BCUT2D eigenvalue weighted by Crippen LogP contribution is 2.21. The summed E-state index contributed by atoms with van der Waals surface area (Å²) in [4.78, 5) is 12.0. The van der Waals surface area contributed by atoms with E-state index in [0.717, 1.165) is 24.0 Å². The summed E-state index contributed by atoms with van der Waals surface area (Å²) in [6, 6.07) is 7.71. The van der Waals surface area contributed by atoms with Gasteiger partial charge in [-0.1, -0.05) is 19.6 Å². The summed E-state index contributed by atoms with van der Waals surface area (Å²) in [6.07, 6.45) is 2.19. The summed E-state index contributed by atoms with van der Waals surface area (Å²) in [6.45, 7) is 12.0. The molecule has 1 aromatic rings. The van der Waals surface area contributed by atoms with Crippen LogP contribution in [0.25, 0.3) is 0 Å². The Morgan fingerprint density at radius 1 is 1.25 bits per heavy atom. The molecular formula is C17H26NO2+. The largest absolute Gasteiger partial charge is 0.455 e. The predicted molar refractivity (Wildman–Crippen MR) is 84.9 cm³/mol. The fourth-order valence-electron chi connectivity index (χ4n) is 2.05. The zero-order valence-electron chi connectivity index (χ0n) is 13.1. The highest BCUT2D eigenvalue weighted by molar-refractivity contribution is 5.90. The van der Waals surface area contributed by atoms with E-state index in [1.165, 1.54) is 5.69 Å². The molecule has 0 amide bonds. The molecule has 1 rings (SSSR count). The maximum absolute atomic E-state index is 12.0. The van der Waals surface area contributed by atoms with Crippen LogP contribution in [0.2, 0.25) is 0 Å². The van der Waals surface area contributed by atoms with Crippen LogP contribution >= 0.6 is 0 Å². The van der Waals surface area contributed by atoms with Crippen molar-refractivity contribution in [2.75, 3.05) is 20.1 Å². The molecule has 0 aliphatic carbocycles. The first kappa shape index (κ1) is 16.4. The second kappa shape index (κ2) is 7.25. The highest BCUT2D eigenvalue weighted by Gasteiger charge is 2.21. The number of quaternary nitrogens is 1. The number of carbonyl (C=O) groups is 1. The number of nitrogens with zero attached hydrogens (tertiary/aromatic N) is 1. The van der Waals surface area contributed by atoms with Crippen LogP contribution in [-0.2, 0) is 4.74 Å². The summed E-state index contributed by atoms with van der Waals surface area (Å²) >= 11 is 0. The molecule has 0 saturated heterocycles. The van der Waals surface area contributed by atoms with Crippen molar-refractivity contribution in [1.29, 1.82) is 0 Å². The molecule has 20 heavy (non-hydrogen) atoms. The fraction of sp³-hybridized carbons (Fsp3) is 0.471. The van der Waals surface area contributed by atoms with Crippen LogP contribution in [0.15, 0.2) is 36.9 Å². The molecule has 1 atom stereocenters. The summed E-state index contributed by atoms with van der Waals surface area (Å²) < 4.78 is 6.21. The van der Waals surface area contributed by atoms with Gasteiger partial charge < -0.3 is 4.74 Å². The molecule has 1 unspecified atom stereocenters. The Kier molecular flexibility index (Phi) is 5.96. The van der Waals surface area contributed by atoms with Crippen LogP contribution in [-0.4, -0.2) is 32.2 Å². The van der Waals surface area contributed by atoms with Crippen molar-refractivity contribution in [3.8, 4) is 0 Å². The topological polar surface area (TPSA) is 26.3 Å². The molecule has 0 aliphatic heterocycles. The molecule has 0 fully saturated rings. The molecule has 0 radical (unpaired) electrons. The molecule has 3 nitrogen and oxygen atoms in total. The third-order valence-electron chi connectivity index (χ3n) is 4.05. The zero-order chi connectivity index (χ0) is 15.2. The zero-order valence-corrected chi connectivity index (χ0v) is 13.1. The standard InChI is InChI=1S/C17H26NO2/c1-6-16(7-2)20-17(19)14-10-12-15(13-11-14)18(5,8-3)9-4/h6,10-13,16H,1,7-9H2,2-5H3/q+1. The molecule has 0 aliphatic rings. The summed E-state index contributed by atoms with van der Waals surface area (Å²) in [7, 11) is 2.19. The lowest BCUT2D eigenvalue weighted by atomic mass is 10.1. The van der Waals surface area contributed by atoms with Gasteiger partial charge in [0.2, 0.25) is 0 Å². The van der Waals surface area contributed by atoms with E-state index >= 15 is 0 Å². The number of hydrogen-bond donors (Lipinski definition) is 0. The number of ether oxygens (including phenoxy) is 1. The first-order chi connectivity index (χ1) is 9.50. The quantitative estimate of drug-likeness (QED) is 0.430. The molecule has 0 N–H and O–H groups in total. The average Bonchev–Trinajstić information content (AvgIpc) is 2.51. The fourth-order valence-corrected chi connectivity index (χ4v) is 2.05. The van der Waals surface area contributed by atoms with E-state index in [0.29, 0.717) is 5.56 Å². The summed E-state index contributed by atoms with van der Waals surface area (Å²) in [5, 5.41) is 0. The Labute approximate surface area is 122 Å². The molecule has 0 saturated carbocycles. The summed E-state index contributed by atoms with van der Waals surface area (Å²) in [5.41, 5.74) is 1.80. The highest BCUT2D eigenvalue weighted by atomic mass is 16.5. The molecule has 0 spiro atoms. The number of carbonyl (C=O) groups excluding carboxylic acids is 1. The van der Waals surface area contributed by atoms with Crippen molar-refractivity contribution < 1.29 is 9.53 Å². The van der Waals surface area contributed by atoms with E-state index in [2.05, 4.69) is 27.5 Å². The van der Waals surface area contributed by atoms with Crippen molar-refractivity contribution in [2.45, 2.75) is 33.3 Å². The van der Waals surface area contributed by atoms with Crippen LogP contribution < -0.4 is 4.48 Å². The Morgan fingerprint density at radius 3 is 2.20 bits per heavy atom. The Morgan fingerprint density at radius 2 is 1.80 bits per heavy atom. The number of esters is 1. The molecule has 0 aromatic heterocycles. The smallest absolute Gasteiger partial charge is 0.338 e. The number of rotatable bonds is 7. The minimum Gasteiger partial charge on any atom is -0.455 e. The van der Waals surface area contributed by atoms with E-state index in [4.69, 9.17) is 4.74 Å². The minimum atomic E-state index is -0.287. The second-order valence-corrected chi connectivity index (χ2v) is 5.16. The lowest BCUT2D eigenvalue weighted by Crippen LogP contribution is -2.44. The van der Waals surface area contributed by atoms with Crippen molar-refractivity contribution in [1.82, 2.24) is 4.48 Å². The Balaban J connectivity index is 2.86. The lowest BCUT2D eigenvalue weighted by Gasteiger charge is -2.31. The maximum Gasteiger partial charge on any atom is 0.338 e. The van der Waals surface area contributed by atoms with Gasteiger partial charge in [-0.05, 0) is 44.5 Å². The normalized spacial score (nSPS) is 12.8. The van der Waals surface area contributed by atoms with Crippen LogP contribution in [0.4, 0.5) is 5.69 Å². The van der Waals surface area contributed by atoms with Crippen molar-refractivity contribution in [3.05, 3.63) is 42.5 Å². The van der Waals surface area contributed by atoms with Crippen molar-refractivity contribution >= 4 is 11.7 Å². The van der Waals surface area contributed by atoms with Gasteiger partial charge in [0.15, 0.2) is 0 Å². The predicted octanol–water partition coefficient (Wildman–Crippen LogP) is 3.78. The number of benzene rings is 1. The third kappa shape index (κ3) is 3.70. The van der Waals surface area contributed by atoms with Gasteiger partial charge in [-0.3, -0.25) is 4.48 Å². The molecular weight excluding hydrogens is 250 g/mol. The molecule has 0 heterocycles. The molecule has 0 bridgehead atoms. The second-order valence-electron chi connectivity index (χ2n) is 5.16. The van der Waals surface area contributed by atoms with Crippen LogP contribution in [0.5, 0.6) is 0 Å². The van der Waals surface area contributed by atoms with Gasteiger partial charge in [0.25, 0.3) is 0 Å². The van der Waals surface area contributed by atoms with Crippen molar-refractivity contribution in [2.24, 2.45) is 0 Å². The maximum atomic E-state index is 12.0. The molecule has 3 heteroatoms. The third-order valence-corrected chi connectivity index (χ3v) is 4.05. The first-order valence-electron chi connectivity index (χ1n) is 7.29. The monoisotopic (exact) mass is 276 g/mol. The van der Waals surface area contributed by atoms with Crippen molar-refractivity contribution in [3.63, 3.8) is 0 Å². The number of hydrogen-bond acceptors (Lipinski definition) is 2. The van der Waals surface area contributed by atoms with Gasteiger partial charge in [0, 0.05) is 0 Å². The van der Waals surface area contributed by atoms with Gasteiger partial charge in [-0.15, -0.1) is 0 Å². The van der Waals surface area contributed by atoms with Gasteiger partial charge in [0.05, 0.1) is 25.7 Å². The van der Waals surface area contributed by atoms with E-state index in [1.54, 1.807) is 6.08 Å². The lowest BCUT2D eigenvalue weighted by molar-refractivity contribution is 0.0389. The Bertz CT molecular complexity index is 447. The van der Waals surface area contributed by atoms with Gasteiger partial charge in [-0.2, -0.15) is 0 Å². The van der Waals surface area contributed by atoms with Gasteiger partial charge in [0.1, 0.15) is 11.8 Å². The minimum absolute atomic E-state index is 0.213. The van der Waals surface area contributed by atoms with E-state index in [9.17, 15) is 4.79 Å². The van der Waals surface area contributed by atoms with E-state index in [1.807, 2.05) is 31.2 Å². The summed E-state index contributed by atoms with van der Waals surface area (Å²) in [5.74, 6) is -0.287. The van der Waals surface area contributed by atoms with Crippen LogP contribution in [0.3, 0.4) is 0 Å². The molecule has 110 valence electrons.